The van der Waals surface area contributed by atoms with E-state index in [0.29, 0.717) is 5.82 Å². The number of rotatable bonds is 4. The van der Waals surface area contributed by atoms with Crippen molar-refractivity contribution in [3.8, 4) is 22.8 Å². The highest BCUT2D eigenvalue weighted by Crippen LogP contribution is 2.40. The minimum atomic E-state index is -4.89. The van der Waals surface area contributed by atoms with Crippen molar-refractivity contribution in [2.45, 2.75) is 64.4 Å². The average molecular weight is 424 g/mol. The van der Waals surface area contributed by atoms with Crippen LogP contribution in [0.1, 0.15) is 47.0 Å². The number of benzene rings is 1. The Morgan fingerprint density at radius 2 is 1.67 bits per heavy atom. The number of halogens is 3. The van der Waals surface area contributed by atoms with E-state index in [-0.39, 0.29) is 28.1 Å². The van der Waals surface area contributed by atoms with Crippen molar-refractivity contribution in [2.24, 2.45) is 0 Å². The summed E-state index contributed by atoms with van der Waals surface area (Å²) in [6.45, 7) is 8.74. The number of piperidine rings is 1. The lowest BCUT2D eigenvalue weighted by Gasteiger charge is -2.56. The van der Waals surface area contributed by atoms with E-state index in [2.05, 4.69) is 47.6 Å². The minimum Gasteiger partial charge on any atom is -0.508 e. The van der Waals surface area contributed by atoms with E-state index in [4.69, 9.17) is 0 Å². The van der Waals surface area contributed by atoms with E-state index in [0.717, 1.165) is 25.3 Å². The van der Waals surface area contributed by atoms with Crippen LogP contribution >= 0.6 is 0 Å². The fourth-order valence-electron chi connectivity index (χ4n) is 4.47. The molecular formula is C21H27F3N4O2. The smallest absolute Gasteiger partial charge is 0.508 e. The molecule has 6 nitrogen and oxygen atoms in total. The van der Waals surface area contributed by atoms with E-state index >= 15 is 0 Å². The van der Waals surface area contributed by atoms with Crippen LogP contribution in [0.25, 0.3) is 11.3 Å². The monoisotopic (exact) mass is 424 g/mol. The number of nitrogens with zero attached hydrogens (tertiary/aromatic N) is 4. The van der Waals surface area contributed by atoms with Gasteiger partial charge in [0.1, 0.15) is 11.5 Å². The molecule has 9 heteroatoms. The first-order valence-electron chi connectivity index (χ1n) is 9.77. The summed E-state index contributed by atoms with van der Waals surface area (Å²) in [4.78, 5) is 0. The molecule has 30 heavy (non-hydrogen) atoms. The molecule has 1 aromatic carbocycles. The van der Waals surface area contributed by atoms with Crippen LogP contribution in [-0.4, -0.2) is 44.8 Å². The molecule has 0 unspecified atom stereocenters. The zero-order valence-electron chi connectivity index (χ0n) is 17.8. The van der Waals surface area contributed by atoms with Crippen LogP contribution in [-0.2, 0) is 0 Å². The fourth-order valence-corrected chi connectivity index (χ4v) is 4.47. The normalized spacial score (nSPS) is 18.8. The molecule has 2 heterocycles. The second-order valence-corrected chi connectivity index (χ2v) is 8.82. The standard InChI is InChI=1S/C21H27F3N4O2/c1-19(2)11-6-12-20(3,4)28(19)27(5)18-10-9-16(25-26-18)15-8-7-14(29)13-17(15)30-21(22,23)24/h7-10,13,29H,6,11-12H2,1-5H3. The summed E-state index contributed by atoms with van der Waals surface area (Å²) in [5, 5.41) is 22.2. The zero-order valence-corrected chi connectivity index (χ0v) is 17.8. The lowest BCUT2D eigenvalue weighted by atomic mass is 9.81. The summed E-state index contributed by atoms with van der Waals surface area (Å²) in [6.07, 6.45) is -1.67. The summed E-state index contributed by atoms with van der Waals surface area (Å²) in [7, 11) is 1.91. The summed E-state index contributed by atoms with van der Waals surface area (Å²) >= 11 is 0. The van der Waals surface area contributed by atoms with Crippen LogP contribution in [0.15, 0.2) is 30.3 Å². The first-order chi connectivity index (χ1) is 13.8. The molecule has 0 amide bonds. The Labute approximate surface area is 174 Å². The molecule has 1 saturated heterocycles. The number of alkyl halides is 3. The van der Waals surface area contributed by atoms with Gasteiger partial charge in [0, 0.05) is 29.8 Å². The summed E-state index contributed by atoms with van der Waals surface area (Å²) in [5.41, 5.74) is 0.136. The molecular weight excluding hydrogens is 397 g/mol. The third-order valence-corrected chi connectivity index (χ3v) is 5.47. The third kappa shape index (κ3) is 4.61. The maximum absolute atomic E-state index is 12.7. The molecule has 0 atom stereocenters. The first-order valence-corrected chi connectivity index (χ1v) is 9.77. The molecule has 1 aliphatic heterocycles. The molecule has 3 rings (SSSR count). The molecule has 1 fully saturated rings. The number of aromatic nitrogens is 2. The van der Waals surface area contributed by atoms with Gasteiger partial charge in [-0.15, -0.1) is 23.4 Å². The molecule has 2 aromatic rings. The van der Waals surface area contributed by atoms with Crippen molar-refractivity contribution in [1.82, 2.24) is 15.2 Å². The maximum Gasteiger partial charge on any atom is 0.573 e. The highest BCUT2D eigenvalue weighted by molar-refractivity contribution is 5.68. The van der Waals surface area contributed by atoms with Crippen LogP contribution in [0.4, 0.5) is 19.0 Å². The molecule has 1 N–H and O–H groups in total. The van der Waals surface area contributed by atoms with Gasteiger partial charge in [-0.25, -0.2) is 5.01 Å². The second-order valence-electron chi connectivity index (χ2n) is 8.82. The molecule has 1 aromatic heterocycles. The van der Waals surface area contributed by atoms with Crippen LogP contribution in [0.2, 0.25) is 0 Å². The van der Waals surface area contributed by atoms with Gasteiger partial charge in [-0.05, 0) is 71.2 Å². The van der Waals surface area contributed by atoms with E-state index in [1.165, 1.54) is 12.1 Å². The molecule has 164 valence electrons. The Balaban J connectivity index is 1.92. The number of hydrogen-bond donors (Lipinski definition) is 1. The Morgan fingerprint density at radius 3 is 2.20 bits per heavy atom. The van der Waals surface area contributed by atoms with Gasteiger partial charge < -0.3 is 9.84 Å². The number of hydrogen-bond acceptors (Lipinski definition) is 6. The third-order valence-electron chi connectivity index (χ3n) is 5.47. The van der Waals surface area contributed by atoms with Gasteiger partial charge in [-0.2, -0.15) is 0 Å². The maximum atomic E-state index is 12.7. The van der Waals surface area contributed by atoms with Crippen molar-refractivity contribution in [2.75, 3.05) is 12.1 Å². The Morgan fingerprint density at radius 1 is 1.03 bits per heavy atom. The topological polar surface area (TPSA) is 61.7 Å². The predicted octanol–water partition coefficient (Wildman–Crippen LogP) is 5.14. The molecule has 0 aliphatic carbocycles. The number of anilines is 1. The molecule has 0 saturated carbocycles. The van der Waals surface area contributed by atoms with E-state index in [1.54, 1.807) is 12.1 Å². The molecule has 0 radical (unpaired) electrons. The van der Waals surface area contributed by atoms with Gasteiger partial charge in [0.25, 0.3) is 0 Å². The molecule has 0 bridgehead atoms. The quantitative estimate of drug-likeness (QED) is 0.733. The minimum absolute atomic E-state index is 0.0818. The van der Waals surface area contributed by atoms with Gasteiger partial charge in [0.15, 0.2) is 5.82 Å². The Hall–Kier alpha value is -2.55. The summed E-state index contributed by atoms with van der Waals surface area (Å²) in [6, 6.07) is 6.81. The Kier molecular flexibility index (Phi) is 5.62. The number of ether oxygens (including phenoxy) is 1. The van der Waals surface area contributed by atoms with E-state index in [1.807, 2.05) is 12.1 Å². The zero-order chi connectivity index (χ0) is 22.3. The lowest BCUT2D eigenvalue weighted by Crippen LogP contribution is -2.64. The second kappa shape index (κ2) is 7.61. The summed E-state index contributed by atoms with van der Waals surface area (Å²) in [5.74, 6) is -0.285. The number of phenolic OH excluding ortho intramolecular Hbond substituents is 1. The fraction of sp³-hybridized carbons (Fsp3) is 0.524. The molecule has 1 aliphatic rings. The lowest BCUT2D eigenvalue weighted by molar-refractivity contribution is -0.274. The van der Waals surface area contributed by atoms with Gasteiger partial charge in [0.05, 0.1) is 5.69 Å². The van der Waals surface area contributed by atoms with Crippen LogP contribution in [0.5, 0.6) is 11.5 Å². The van der Waals surface area contributed by atoms with Crippen molar-refractivity contribution >= 4 is 5.82 Å². The van der Waals surface area contributed by atoms with Crippen molar-refractivity contribution in [3.05, 3.63) is 30.3 Å². The highest BCUT2D eigenvalue weighted by Gasteiger charge is 2.44. The number of aromatic hydroxyl groups is 1. The molecule has 0 spiro atoms. The van der Waals surface area contributed by atoms with Gasteiger partial charge in [0.2, 0.25) is 0 Å². The van der Waals surface area contributed by atoms with Crippen LogP contribution in [0, 0.1) is 0 Å². The largest absolute Gasteiger partial charge is 0.573 e. The van der Waals surface area contributed by atoms with Crippen molar-refractivity contribution < 1.29 is 23.0 Å². The van der Waals surface area contributed by atoms with Gasteiger partial charge in [-0.1, -0.05) is 0 Å². The van der Waals surface area contributed by atoms with Crippen molar-refractivity contribution in [1.29, 1.82) is 0 Å². The van der Waals surface area contributed by atoms with Gasteiger partial charge >= 0.3 is 6.36 Å². The average Bonchev–Trinajstić information content (AvgIpc) is 2.59. The highest BCUT2D eigenvalue weighted by atomic mass is 19.4. The number of hydrazine groups is 1. The van der Waals surface area contributed by atoms with Gasteiger partial charge in [-0.3, -0.25) is 5.01 Å². The van der Waals surface area contributed by atoms with E-state index in [9.17, 15) is 18.3 Å². The summed E-state index contributed by atoms with van der Waals surface area (Å²) < 4.78 is 42.3. The predicted molar refractivity (Wildman–Crippen MR) is 108 cm³/mol. The van der Waals surface area contributed by atoms with Crippen LogP contribution in [0.3, 0.4) is 0 Å². The number of phenols is 1. The SMILES string of the molecule is CN(c1ccc(-c2ccc(O)cc2OC(F)(F)F)nn1)N1C(C)(C)CCCC1(C)C. The first kappa shape index (κ1) is 22.1. The van der Waals surface area contributed by atoms with Crippen LogP contribution < -0.4 is 9.75 Å². The Bertz CT molecular complexity index is 882. The van der Waals surface area contributed by atoms with E-state index < -0.39 is 12.1 Å². The van der Waals surface area contributed by atoms with Crippen molar-refractivity contribution in [3.63, 3.8) is 0 Å².